The van der Waals surface area contributed by atoms with Crippen LogP contribution in [0.25, 0.3) is 5.32 Å². The van der Waals surface area contributed by atoms with E-state index in [9.17, 15) is 0 Å². The molecule has 0 saturated carbocycles. The molecule has 1 fully saturated rings. The Bertz CT molecular complexity index is 66.5. The first-order valence-corrected chi connectivity index (χ1v) is 5.44. The fourth-order valence-corrected chi connectivity index (χ4v) is 1.05. The van der Waals surface area contributed by atoms with Crippen molar-refractivity contribution in [1.29, 1.82) is 0 Å². The van der Waals surface area contributed by atoms with Gasteiger partial charge in [0.2, 0.25) is 0 Å². The van der Waals surface area contributed by atoms with E-state index in [1.807, 2.05) is 27.7 Å². The zero-order chi connectivity index (χ0) is 9.98. The maximum Gasteiger partial charge on any atom is 1.00 e. The molecule has 0 aromatic rings. The van der Waals surface area contributed by atoms with E-state index in [0.29, 0.717) is 0 Å². The molecule has 2 unspecified atom stereocenters. The van der Waals surface area contributed by atoms with Gasteiger partial charge in [0.1, 0.15) is 0 Å². The second kappa shape index (κ2) is 16.2. The minimum absolute atomic E-state index is 0. The van der Waals surface area contributed by atoms with Crippen molar-refractivity contribution in [2.75, 3.05) is 13.1 Å². The average Bonchev–Trinajstić information content (AvgIpc) is 2.17. The predicted molar refractivity (Wildman–Crippen MR) is 58.7 cm³/mol. The van der Waals surface area contributed by atoms with Crippen molar-refractivity contribution in [2.24, 2.45) is 11.8 Å². The third kappa shape index (κ3) is 11.7. The Morgan fingerprint density at radius 3 is 1.62 bits per heavy atom. The molecule has 0 aliphatic carbocycles. The maximum atomic E-state index is 4.31. The van der Waals surface area contributed by atoms with Crippen LogP contribution in [0.2, 0.25) is 0 Å². The standard InChI is InChI=1S/C7H14N.2C2H6.Rb/c1-6-3-4-8-5-7(6)2;2*1-2;/h6-7H,3-5H2,1-2H3;2*1-2H3;/q-1;;;+1. The summed E-state index contributed by atoms with van der Waals surface area (Å²) in [5, 5.41) is 4.31. The summed E-state index contributed by atoms with van der Waals surface area (Å²) in [5.74, 6) is 1.75. The van der Waals surface area contributed by atoms with Crippen molar-refractivity contribution in [1.82, 2.24) is 0 Å². The van der Waals surface area contributed by atoms with Gasteiger partial charge in [-0.2, -0.15) is 0 Å². The normalized spacial score (nSPS) is 25.4. The zero-order valence-electron chi connectivity index (χ0n) is 10.7. The number of hydrogen-bond donors (Lipinski definition) is 0. The summed E-state index contributed by atoms with van der Waals surface area (Å²) in [6, 6.07) is 0. The average molecular weight is 258 g/mol. The molecule has 2 heteroatoms. The SMILES string of the molecule is CC.CC.CC1CC[N-]CC1C.[Rb+]. The second-order valence-corrected chi connectivity index (χ2v) is 2.87. The molecule has 0 bridgehead atoms. The molecule has 2 atom stereocenters. The molecule has 0 amide bonds. The molecule has 1 rings (SSSR count). The molecule has 1 aliphatic rings. The van der Waals surface area contributed by atoms with Crippen molar-refractivity contribution >= 4 is 0 Å². The van der Waals surface area contributed by atoms with E-state index in [-0.39, 0.29) is 58.2 Å². The quantitative estimate of drug-likeness (QED) is 0.617. The molecule has 0 aromatic heterocycles. The fraction of sp³-hybridized carbons (Fsp3) is 1.00. The first-order chi connectivity index (χ1) is 5.80. The Labute approximate surface area is 134 Å². The Morgan fingerprint density at radius 1 is 0.923 bits per heavy atom. The van der Waals surface area contributed by atoms with Crippen LogP contribution in [0.5, 0.6) is 0 Å². The molecule has 0 N–H and O–H groups in total. The zero-order valence-corrected chi connectivity index (χ0v) is 15.6. The Hall–Kier alpha value is 1.77. The molecule has 1 heterocycles. The summed E-state index contributed by atoms with van der Waals surface area (Å²) in [4.78, 5) is 0. The van der Waals surface area contributed by atoms with Crippen molar-refractivity contribution in [3.05, 3.63) is 5.32 Å². The van der Waals surface area contributed by atoms with Gasteiger partial charge in [-0.05, 0) is 5.92 Å². The van der Waals surface area contributed by atoms with E-state index in [4.69, 9.17) is 0 Å². The van der Waals surface area contributed by atoms with Gasteiger partial charge in [-0.1, -0.05) is 53.9 Å². The van der Waals surface area contributed by atoms with Crippen LogP contribution in [0.15, 0.2) is 0 Å². The van der Waals surface area contributed by atoms with E-state index >= 15 is 0 Å². The van der Waals surface area contributed by atoms with Crippen LogP contribution in [0, 0.1) is 11.8 Å². The van der Waals surface area contributed by atoms with Gasteiger partial charge >= 0.3 is 58.2 Å². The third-order valence-corrected chi connectivity index (χ3v) is 2.13. The number of rotatable bonds is 0. The van der Waals surface area contributed by atoms with Gasteiger partial charge in [-0.25, -0.2) is 0 Å². The van der Waals surface area contributed by atoms with Crippen LogP contribution in [0.3, 0.4) is 0 Å². The van der Waals surface area contributed by atoms with Crippen molar-refractivity contribution in [3.8, 4) is 0 Å². The van der Waals surface area contributed by atoms with Gasteiger partial charge in [0.25, 0.3) is 0 Å². The smallest absolute Gasteiger partial charge is 0.662 e. The summed E-state index contributed by atoms with van der Waals surface area (Å²) >= 11 is 0. The molecular weight excluding hydrogens is 232 g/mol. The first kappa shape index (κ1) is 20.2. The minimum atomic E-state index is 0. The molecule has 76 valence electrons. The Morgan fingerprint density at radius 2 is 1.38 bits per heavy atom. The van der Waals surface area contributed by atoms with E-state index in [1.54, 1.807) is 0 Å². The van der Waals surface area contributed by atoms with Gasteiger partial charge in [0, 0.05) is 0 Å². The van der Waals surface area contributed by atoms with Crippen LogP contribution in [0.4, 0.5) is 0 Å². The summed E-state index contributed by atoms with van der Waals surface area (Å²) < 4.78 is 0. The van der Waals surface area contributed by atoms with E-state index in [2.05, 4.69) is 19.2 Å². The monoisotopic (exact) mass is 257 g/mol. The van der Waals surface area contributed by atoms with Crippen molar-refractivity contribution < 1.29 is 58.2 Å². The molecule has 1 nitrogen and oxygen atoms in total. The van der Waals surface area contributed by atoms with Gasteiger partial charge in [0.05, 0.1) is 0 Å². The Balaban J connectivity index is -0.000000178. The van der Waals surface area contributed by atoms with Crippen LogP contribution < -0.4 is 58.2 Å². The summed E-state index contributed by atoms with van der Waals surface area (Å²) in [5.41, 5.74) is 0. The molecule has 1 aliphatic heterocycles. The van der Waals surface area contributed by atoms with Crippen LogP contribution >= 0.6 is 0 Å². The molecule has 13 heavy (non-hydrogen) atoms. The van der Waals surface area contributed by atoms with E-state index in [1.165, 1.54) is 6.42 Å². The minimum Gasteiger partial charge on any atom is -0.662 e. The molecule has 1 saturated heterocycles. The Kier molecular flexibility index (Phi) is 25.2. The van der Waals surface area contributed by atoms with Crippen molar-refractivity contribution in [3.63, 3.8) is 0 Å². The van der Waals surface area contributed by atoms with Crippen LogP contribution in [-0.2, 0) is 0 Å². The summed E-state index contributed by atoms with van der Waals surface area (Å²) in [7, 11) is 0. The number of hydrogen-bond acceptors (Lipinski definition) is 0. The molecule has 0 radical (unpaired) electrons. The maximum absolute atomic E-state index is 4.31. The van der Waals surface area contributed by atoms with Gasteiger partial charge < -0.3 is 5.32 Å². The first-order valence-electron chi connectivity index (χ1n) is 5.44. The summed E-state index contributed by atoms with van der Waals surface area (Å²) in [6.07, 6.45) is 1.31. The van der Waals surface area contributed by atoms with Gasteiger partial charge in [-0.15, -0.1) is 13.1 Å². The third-order valence-electron chi connectivity index (χ3n) is 2.13. The van der Waals surface area contributed by atoms with E-state index in [0.717, 1.165) is 24.9 Å². The number of nitrogens with zero attached hydrogens (tertiary/aromatic N) is 1. The number of piperidine rings is 1. The topological polar surface area (TPSA) is 14.1 Å². The second-order valence-electron chi connectivity index (χ2n) is 2.87. The van der Waals surface area contributed by atoms with E-state index < -0.39 is 0 Å². The van der Waals surface area contributed by atoms with Gasteiger partial charge in [-0.3, -0.25) is 0 Å². The van der Waals surface area contributed by atoms with Crippen LogP contribution in [-0.4, -0.2) is 13.1 Å². The largest absolute Gasteiger partial charge is 1.00 e. The predicted octanol–water partition coefficient (Wildman–Crippen LogP) is 1.09. The molecule has 0 aromatic carbocycles. The van der Waals surface area contributed by atoms with Crippen LogP contribution in [0.1, 0.15) is 48.0 Å². The summed E-state index contributed by atoms with van der Waals surface area (Å²) in [6.45, 7) is 14.8. The van der Waals surface area contributed by atoms with Crippen molar-refractivity contribution in [2.45, 2.75) is 48.0 Å². The fourth-order valence-electron chi connectivity index (χ4n) is 1.05. The molecule has 0 spiro atoms. The molecular formula is C11H26NRb. The van der Waals surface area contributed by atoms with Gasteiger partial charge in [0.15, 0.2) is 0 Å².